The minimum atomic E-state index is -0.768. The lowest BCUT2D eigenvalue weighted by molar-refractivity contribution is -0.137. The summed E-state index contributed by atoms with van der Waals surface area (Å²) in [5, 5.41) is 39.6. The predicted molar refractivity (Wildman–Crippen MR) is 118 cm³/mol. The number of unbranched alkanes of at least 4 members (excludes halogenated alkanes) is 3. The minimum absolute atomic E-state index is 0.0237. The molecule has 1 aliphatic carbocycles. The maximum atomic E-state index is 13.2. The summed E-state index contributed by atoms with van der Waals surface area (Å²) >= 11 is 0. The van der Waals surface area contributed by atoms with Crippen molar-refractivity contribution < 1.29 is 29.6 Å². The van der Waals surface area contributed by atoms with Crippen molar-refractivity contribution in [3.05, 3.63) is 47.8 Å². The van der Waals surface area contributed by atoms with Gasteiger partial charge in [0.2, 0.25) is 0 Å². The van der Waals surface area contributed by atoms with Crippen LogP contribution in [0.1, 0.15) is 69.8 Å². The highest BCUT2D eigenvalue weighted by Crippen LogP contribution is 2.39. The van der Waals surface area contributed by atoms with Crippen molar-refractivity contribution >= 4 is 5.97 Å². The molecule has 1 aliphatic rings. The molecule has 0 aliphatic heterocycles. The Morgan fingerprint density at radius 1 is 1.10 bits per heavy atom. The Kier molecular flexibility index (Phi) is 11.2. The molecule has 5 unspecified atom stereocenters. The number of benzene rings is 1. The zero-order valence-corrected chi connectivity index (χ0v) is 18.2. The summed E-state index contributed by atoms with van der Waals surface area (Å²) in [6, 6.07) is 6.51. The lowest BCUT2D eigenvalue weighted by Crippen LogP contribution is -2.23. The van der Waals surface area contributed by atoms with E-state index in [9.17, 15) is 24.5 Å². The minimum Gasteiger partial charge on any atom is -0.481 e. The van der Waals surface area contributed by atoms with Gasteiger partial charge < -0.3 is 20.4 Å². The highest BCUT2D eigenvalue weighted by atomic mass is 19.1. The van der Waals surface area contributed by atoms with Gasteiger partial charge in [-0.2, -0.15) is 0 Å². The van der Waals surface area contributed by atoms with Gasteiger partial charge in [-0.3, -0.25) is 4.79 Å². The number of carbonyl (C=O) groups is 1. The molecule has 0 bridgehead atoms. The molecule has 0 saturated heterocycles. The van der Waals surface area contributed by atoms with Crippen LogP contribution in [0, 0.1) is 17.7 Å². The Bertz CT molecular complexity index is 692. The third kappa shape index (κ3) is 9.50. The van der Waals surface area contributed by atoms with Crippen molar-refractivity contribution in [2.45, 2.75) is 88.9 Å². The average molecular weight is 437 g/mol. The second kappa shape index (κ2) is 13.6. The van der Waals surface area contributed by atoms with E-state index in [2.05, 4.69) is 0 Å². The van der Waals surface area contributed by atoms with E-state index in [4.69, 9.17) is 5.11 Å². The van der Waals surface area contributed by atoms with Crippen LogP contribution in [0.4, 0.5) is 4.39 Å². The van der Waals surface area contributed by atoms with Gasteiger partial charge in [-0.25, -0.2) is 4.39 Å². The molecule has 0 aromatic heterocycles. The molecule has 174 valence electrons. The molecule has 2 rings (SSSR count). The van der Waals surface area contributed by atoms with Crippen molar-refractivity contribution in [2.24, 2.45) is 11.8 Å². The summed E-state index contributed by atoms with van der Waals surface area (Å²) in [6.07, 6.45) is 9.37. The van der Waals surface area contributed by atoms with Gasteiger partial charge in [-0.1, -0.05) is 43.5 Å². The molecule has 0 heterocycles. The normalized spacial score (nSPS) is 24.6. The Morgan fingerprint density at radius 3 is 2.52 bits per heavy atom. The number of carboxylic acids is 1. The first-order valence-electron chi connectivity index (χ1n) is 11.5. The lowest BCUT2D eigenvalue weighted by atomic mass is 9.85. The zero-order chi connectivity index (χ0) is 22.6. The predicted octanol–water partition coefficient (Wildman–Crippen LogP) is 4.24. The van der Waals surface area contributed by atoms with Crippen LogP contribution in [0.5, 0.6) is 0 Å². The summed E-state index contributed by atoms with van der Waals surface area (Å²) in [5.74, 6) is -1.01. The summed E-state index contributed by atoms with van der Waals surface area (Å²) in [6.45, 7) is 0. The van der Waals surface area contributed by atoms with Crippen molar-refractivity contribution in [1.29, 1.82) is 0 Å². The second-order valence-corrected chi connectivity index (χ2v) is 8.79. The molecule has 0 radical (unpaired) electrons. The molecule has 1 aromatic rings. The molecule has 4 N–H and O–H groups in total. The van der Waals surface area contributed by atoms with E-state index in [1.807, 2.05) is 12.1 Å². The van der Waals surface area contributed by atoms with E-state index < -0.39 is 24.3 Å². The molecular weight excluding hydrogens is 399 g/mol. The highest BCUT2D eigenvalue weighted by molar-refractivity contribution is 5.66. The zero-order valence-electron chi connectivity index (χ0n) is 18.2. The largest absolute Gasteiger partial charge is 0.481 e. The SMILES string of the molecule is O=C(O)CCCCCCC1C(O)CC(O)C1CCC(O)C=CCCc1cccc(F)c1. The van der Waals surface area contributed by atoms with Gasteiger partial charge in [0.15, 0.2) is 0 Å². The Labute approximate surface area is 184 Å². The Balaban J connectivity index is 1.69. The van der Waals surface area contributed by atoms with Crippen LogP contribution in [-0.2, 0) is 11.2 Å². The van der Waals surface area contributed by atoms with E-state index in [-0.39, 0.29) is 24.1 Å². The molecule has 6 heteroatoms. The topological polar surface area (TPSA) is 98.0 Å². The van der Waals surface area contributed by atoms with Crippen LogP contribution < -0.4 is 0 Å². The number of aliphatic hydroxyl groups is 3. The van der Waals surface area contributed by atoms with E-state index >= 15 is 0 Å². The summed E-state index contributed by atoms with van der Waals surface area (Å²) in [4.78, 5) is 10.6. The first kappa shape index (κ1) is 25.5. The number of carboxylic acid groups (broad SMARTS) is 1. The number of rotatable bonds is 14. The summed E-state index contributed by atoms with van der Waals surface area (Å²) in [7, 11) is 0. The third-order valence-corrected chi connectivity index (χ3v) is 6.34. The van der Waals surface area contributed by atoms with Gasteiger partial charge in [-0.05, 0) is 74.5 Å². The Morgan fingerprint density at radius 2 is 1.81 bits per heavy atom. The molecule has 1 aromatic carbocycles. The molecule has 31 heavy (non-hydrogen) atoms. The van der Waals surface area contributed by atoms with Crippen molar-refractivity contribution in [2.75, 3.05) is 0 Å². The molecule has 0 spiro atoms. The number of aryl methyl sites for hydroxylation is 1. The third-order valence-electron chi connectivity index (χ3n) is 6.34. The number of halogens is 1. The van der Waals surface area contributed by atoms with Crippen molar-refractivity contribution in [3.63, 3.8) is 0 Å². The quantitative estimate of drug-likeness (QED) is 0.258. The van der Waals surface area contributed by atoms with Gasteiger partial charge in [0.05, 0.1) is 18.3 Å². The van der Waals surface area contributed by atoms with Crippen LogP contribution in [0.25, 0.3) is 0 Å². The van der Waals surface area contributed by atoms with Crippen LogP contribution in [0.15, 0.2) is 36.4 Å². The number of allylic oxidation sites excluding steroid dienone is 1. The molecule has 1 saturated carbocycles. The van der Waals surface area contributed by atoms with E-state index in [1.165, 1.54) is 12.1 Å². The molecule has 5 atom stereocenters. The van der Waals surface area contributed by atoms with E-state index in [0.717, 1.165) is 37.7 Å². The van der Waals surface area contributed by atoms with Crippen LogP contribution in [0.3, 0.4) is 0 Å². The van der Waals surface area contributed by atoms with Crippen LogP contribution in [-0.4, -0.2) is 44.7 Å². The highest BCUT2D eigenvalue weighted by Gasteiger charge is 2.40. The first-order valence-corrected chi connectivity index (χ1v) is 11.5. The second-order valence-electron chi connectivity index (χ2n) is 8.79. The molecule has 0 amide bonds. The standard InChI is InChI=1S/C25H37FO5/c26-19-10-7-9-18(16-19)8-5-6-11-20(27)14-15-22-21(23(28)17-24(22)29)12-3-1-2-4-13-25(30)31/h6-7,9-11,16,20-24,27-29H,1-5,8,12-15,17H2,(H,30,31). The van der Waals surface area contributed by atoms with Crippen molar-refractivity contribution in [3.8, 4) is 0 Å². The fraction of sp³-hybridized carbons (Fsp3) is 0.640. The number of aliphatic carboxylic acids is 1. The number of hydrogen-bond donors (Lipinski definition) is 4. The van der Waals surface area contributed by atoms with Crippen molar-refractivity contribution in [1.82, 2.24) is 0 Å². The first-order chi connectivity index (χ1) is 14.9. The summed E-state index contributed by atoms with van der Waals surface area (Å²) < 4.78 is 13.2. The fourth-order valence-corrected chi connectivity index (χ4v) is 4.65. The van der Waals surface area contributed by atoms with Crippen LogP contribution >= 0.6 is 0 Å². The monoisotopic (exact) mass is 436 g/mol. The number of aliphatic hydroxyl groups excluding tert-OH is 3. The van der Waals surface area contributed by atoms with Gasteiger partial charge in [0, 0.05) is 6.42 Å². The molecular formula is C25H37FO5. The average Bonchev–Trinajstić information content (AvgIpc) is 2.98. The number of hydrogen-bond acceptors (Lipinski definition) is 4. The van der Waals surface area contributed by atoms with Gasteiger partial charge in [0.1, 0.15) is 5.82 Å². The smallest absolute Gasteiger partial charge is 0.303 e. The molecule has 1 fully saturated rings. The Hall–Kier alpha value is -1.76. The maximum Gasteiger partial charge on any atom is 0.303 e. The van der Waals surface area contributed by atoms with E-state index in [0.29, 0.717) is 32.1 Å². The lowest BCUT2D eigenvalue weighted by Gasteiger charge is -2.24. The van der Waals surface area contributed by atoms with E-state index in [1.54, 1.807) is 12.1 Å². The fourth-order valence-electron chi connectivity index (χ4n) is 4.65. The van der Waals surface area contributed by atoms with Crippen LogP contribution in [0.2, 0.25) is 0 Å². The summed E-state index contributed by atoms with van der Waals surface area (Å²) in [5.41, 5.74) is 0.924. The van der Waals surface area contributed by atoms with Gasteiger partial charge in [0.25, 0.3) is 0 Å². The molecule has 5 nitrogen and oxygen atoms in total. The van der Waals surface area contributed by atoms with Gasteiger partial charge >= 0.3 is 5.97 Å². The van der Waals surface area contributed by atoms with Gasteiger partial charge in [-0.15, -0.1) is 0 Å². The maximum absolute atomic E-state index is 13.2.